The van der Waals surface area contributed by atoms with Crippen molar-refractivity contribution in [2.24, 2.45) is 5.73 Å². The van der Waals surface area contributed by atoms with Crippen LogP contribution >= 0.6 is 0 Å². The van der Waals surface area contributed by atoms with Crippen LogP contribution in [0.4, 0.5) is 0 Å². The Labute approximate surface area is 90.2 Å². The van der Waals surface area contributed by atoms with Gasteiger partial charge in [-0.2, -0.15) is 0 Å². The van der Waals surface area contributed by atoms with E-state index in [1.165, 1.54) is 51.4 Å². The Balaban J connectivity index is 2.35. The lowest BCUT2D eigenvalue weighted by Gasteiger charge is -2.28. The first-order valence-electron chi connectivity index (χ1n) is 6.26. The fraction of sp³-hybridized carbons (Fsp3) is 1.00. The van der Waals surface area contributed by atoms with Gasteiger partial charge in [0.15, 0.2) is 0 Å². The van der Waals surface area contributed by atoms with Gasteiger partial charge in [0, 0.05) is 0 Å². The second-order valence-corrected chi connectivity index (χ2v) is 4.89. The standard InChI is InChI=1S/C12H24BN/c13-12(11-14)9-7-5-3-1-2-4-6-8-10-12/h1-11,14H2. The Morgan fingerprint density at radius 3 is 1.50 bits per heavy atom. The zero-order chi connectivity index (χ0) is 10.3. The van der Waals surface area contributed by atoms with Gasteiger partial charge in [0.2, 0.25) is 0 Å². The zero-order valence-electron chi connectivity index (χ0n) is 9.43. The van der Waals surface area contributed by atoms with Crippen molar-refractivity contribution in [1.29, 1.82) is 0 Å². The third-order valence-electron chi connectivity index (χ3n) is 3.51. The Morgan fingerprint density at radius 1 is 0.786 bits per heavy atom. The highest BCUT2D eigenvalue weighted by Gasteiger charge is 2.20. The summed E-state index contributed by atoms with van der Waals surface area (Å²) in [5, 5.41) is -0.0512. The van der Waals surface area contributed by atoms with Crippen LogP contribution in [0.2, 0.25) is 5.31 Å². The predicted octanol–water partition coefficient (Wildman–Crippen LogP) is 3.19. The molecule has 14 heavy (non-hydrogen) atoms. The molecule has 0 aromatic rings. The molecule has 2 heteroatoms. The minimum absolute atomic E-state index is 0.0512. The van der Waals surface area contributed by atoms with Gasteiger partial charge < -0.3 is 5.73 Å². The molecule has 0 amide bonds. The largest absolute Gasteiger partial charge is 0.331 e. The van der Waals surface area contributed by atoms with Crippen LogP contribution in [-0.2, 0) is 0 Å². The van der Waals surface area contributed by atoms with Gasteiger partial charge in [-0.05, 0) is 6.54 Å². The highest BCUT2D eigenvalue weighted by molar-refractivity contribution is 6.15. The first kappa shape index (κ1) is 12.1. The van der Waals surface area contributed by atoms with E-state index in [4.69, 9.17) is 13.6 Å². The van der Waals surface area contributed by atoms with E-state index in [9.17, 15) is 0 Å². The van der Waals surface area contributed by atoms with Crippen LogP contribution in [-0.4, -0.2) is 14.4 Å². The van der Waals surface area contributed by atoms with Crippen LogP contribution < -0.4 is 5.73 Å². The summed E-state index contributed by atoms with van der Waals surface area (Å²) in [6, 6.07) is 0. The third-order valence-corrected chi connectivity index (χ3v) is 3.51. The maximum atomic E-state index is 6.27. The molecular weight excluding hydrogens is 169 g/mol. The van der Waals surface area contributed by atoms with Crippen LogP contribution in [0.15, 0.2) is 0 Å². The molecule has 0 unspecified atom stereocenters. The van der Waals surface area contributed by atoms with Gasteiger partial charge in [0.1, 0.15) is 0 Å². The van der Waals surface area contributed by atoms with E-state index in [0.717, 1.165) is 12.8 Å². The highest BCUT2D eigenvalue weighted by atomic mass is 14.6. The van der Waals surface area contributed by atoms with E-state index >= 15 is 0 Å². The van der Waals surface area contributed by atoms with Gasteiger partial charge in [-0.25, -0.2) is 0 Å². The van der Waals surface area contributed by atoms with Crippen molar-refractivity contribution in [2.75, 3.05) is 6.54 Å². The van der Waals surface area contributed by atoms with Crippen molar-refractivity contribution in [1.82, 2.24) is 0 Å². The van der Waals surface area contributed by atoms with E-state index < -0.39 is 0 Å². The topological polar surface area (TPSA) is 26.0 Å². The van der Waals surface area contributed by atoms with Crippen LogP contribution in [0.25, 0.3) is 0 Å². The lowest BCUT2D eigenvalue weighted by molar-refractivity contribution is 0.444. The summed E-state index contributed by atoms with van der Waals surface area (Å²) in [7, 11) is 6.27. The van der Waals surface area contributed by atoms with Crippen LogP contribution in [0.3, 0.4) is 0 Å². The first-order chi connectivity index (χ1) is 6.77. The highest BCUT2D eigenvalue weighted by Crippen LogP contribution is 2.34. The Kier molecular flexibility index (Phi) is 5.61. The van der Waals surface area contributed by atoms with E-state index in [1.807, 2.05) is 0 Å². The van der Waals surface area contributed by atoms with Crippen LogP contribution in [0, 0.1) is 0 Å². The third kappa shape index (κ3) is 4.50. The van der Waals surface area contributed by atoms with Gasteiger partial charge in [0.05, 0.1) is 7.85 Å². The molecule has 1 rings (SSSR count). The quantitative estimate of drug-likeness (QED) is 0.636. The summed E-state index contributed by atoms with van der Waals surface area (Å²) in [4.78, 5) is 0. The maximum Gasteiger partial charge on any atom is 0.0763 e. The molecule has 1 saturated carbocycles. The smallest absolute Gasteiger partial charge is 0.0763 e. The predicted molar refractivity (Wildman–Crippen MR) is 63.7 cm³/mol. The van der Waals surface area contributed by atoms with Crippen molar-refractivity contribution in [3.63, 3.8) is 0 Å². The number of hydrogen-bond donors (Lipinski definition) is 1. The van der Waals surface area contributed by atoms with Crippen molar-refractivity contribution >= 4 is 7.85 Å². The van der Waals surface area contributed by atoms with Gasteiger partial charge in [-0.3, -0.25) is 0 Å². The molecule has 1 nitrogen and oxygen atoms in total. The monoisotopic (exact) mass is 193 g/mol. The SMILES string of the molecule is [B]C1(CN)CCCCCCCCCC1. The Morgan fingerprint density at radius 2 is 1.14 bits per heavy atom. The summed E-state index contributed by atoms with van der Waals surface area (Å²) in [5.41, 5.74) is 5.76. The minimum Gasteiger partial charge on any atom is -0.331 e. The van der Waals surface area contributed by atoms with Gasteiger partial charge in [-0.1, -0.05) is 69.5 Å². The zero-order valence-corrected chi connectivity index (χ0v) is 9.43. The molecule has 0 atom stereocenters. The minimum atomic E-state index is -0.0512. The van der Waals surface area contributed by atoms with E-state index in [0.29, 0.717) is 6.54 Å². The molecule has 1 aliphatic carbocycles. The molecule has 0 saturated heterocycles. The van der Waals surface area contributed by atoms with E-state index in [1.54, 1.807) is 0 Å². The second-order valence-electron chi connectivity index (χ2n) is 4.89. The molecule has 80 valence electrons. The molecule has 0 spiro atoms. The Bertz CT molecular complexity index is 135. The second kappa shape index (κ2) is 6.50. The summed E-state index contributed by atoms with van der Waals surface area (Å²) < 4.78 is 0. The summed E-state index contributed by atoms with van der Waals surface area (Å²) in [5.74, 6) is 0. The molecule has 1 aliphatic rings. The molecule has 0 aromatic carbocycles. The average Bonchev–Trinajstić information content (AvgIpc) is 2.24. The molecule has 0 aliphatic heterocycles. The van der Waals surface area contributed by atoms with Crippen molar-refractivity contribution in [3.05, 3.63) is 0 Å². The first-order valence-corrected chi connectivity index (χ1v) is 6.26. The molecule has 0 aromatic heterocycles. The van der Waals surface area contributed by atoms with Crippen molar-refractivity contribution in [3.8, 4) is 0 Å². The van der Waals surface area contributed by atoms with Crippen molar-refractivity contribution < 1.29 is 0 Å². The number of nitrogens with two attached hydrogens (primary N) is 1. The molecule has 0 bridgehead atoms. The number of rotatable bonds is 1. The van der Waals surface area contributed by atoms with Gasteiger partial charge in [-0.15, -0.1) is 0 Å². The number of hydrogen-bond acceptors (Lipinski definition) is 1. The van der Waals surface area contributed by atoms with Crippen LogP contribution in [0.1, 0.15) is 64.2 Å². The molecule has 1 fully saturated rings. The van der Waals surface area contributed by atoms with Crippen molar-refractivity contribution in [2.45, 2.75) is 69.5 Å². The van der Waals surface area contributed by atoms with Gasteiger partial charge >= 0.3 is 0 Å². The lowest BCUT2D eigenvalue weighted by atomic mass is 9.63. The summed E-state index contributed by atoms with van der Waals surface area (Å²) >= 11 is 0. The maximum absolute atomic E-state index is 6.27. The van der Waals surface area contributed by atoms with Gasteiger partial charge in [0.25, 0.3) is 0 Å². The molecular formula is C12H24BN. The van der Waals surface area contributed by atoms with E-state index in [-0.39, 0.29) is 5.31 Å². The lowest BCUT2D eigenvalue weighted by Crippen LogP contribution is -2.24. The van der Waals surface area contributed by atoms with Crippen LogP contribution in [0.5, 0.6) is 0 Å². The molecule has 0 heterocycles. The Hall–Kier alpha value is 0.0249. The summed E-state index contributed by atoms with van der Waals surface area (Å²) in [6.45, 7) is 0.660. The average molecular weight is 193 g/mol. The summed E-state index contributed by atoms with van der Waals surface area (Å²) in [6.07, 6.45) is 13.1. The fourth-order valence-corrected chi connectivity index (χ4v) is 2.34. The van der Waals surface area contributed by atoms with E-state index in [2.05, 4.69) is 0 Å². The molecule has 2 N–H and O–H groups in total. The molecule has 2 radical (unpaired) electrons. The fourth-order valence-electron chi connectivity index (χ4n) is 2.34. The normalized spacial score (nSPS) is 25.2.